The number of aromatic nitrogens is 1. The molecule has 2 aromatic carbocycles. The maximum atomic E-state index is 12.2. The minimum Gasteiger partial charge on any atom is -0.497 e. The van der Waals surface area contributed by atoms with E-state index in [1.54, 1.807) is 13.2 Å². The highest BCUT2D eigenvalue weighted by Gasteiger charge is 2.15. The number of benzene rings is 2. The Hall–Kier alpha value is -3.12. The quantitative estimate of drug-likeness (QED) is 0.651. The van der Waals surface area contributed by atoms with Gasteiger partial charge in [0.15, 0.2) is 5.58 Å². The normalized spacial score (nSPS) is 12.6. The number of likely N-dealkylation sites (N-methyl/N-ethyl adjacent to an activating group) is 1. The van der Waals surface area contributed by atoms with Crippen LogP contribution in [0, 0.1) is 0 Å². The first-order valence-electron chi connectivity index (χ1n) is 8.68. The lowest BCUT2D eigenvalue weighted by molar-refractivity contribution is -0.116. The van der Waals surface area contributed by atoms with E-state index >= 15 is 0 Å². The molecule has 0 aliphatic carbocycles. The lowest BCUT2D eigenvalue weighted by atomic mass is 10.1. The molecule has 3 aromatic rings. The van der Waals surface area contributed by atoms with Crippen LogP contribution in [-0.4, -0.2) is 43.5 Å². The highest BCUT2D eigenvalue weighted by molar-refractivity contribution is 5.91. The number of hydrogen-bond acceptors (Lipinski definition) is 5. The van der Waals surface area contributed by atoms with Crippen LogP contribution in [0.1, 0.15) is 17.5 Å². The lowest BCUT2D eigenvalue weighted by Crippen LogP contribution is -2.33. The topological polar surface area (TPSA) is 67.6 Å². The van der Waals surface area contributed by atoms with Gasteiger partial charge in [0.2, 0.25) is 11.8 Å². The second-order valence-corrected chi connectivity index (χ2v) is 6.35. The molecule has 1 amide bonds. The molecule has 27 heavy (non-hydrogen) atoms. The summed E-state index contributed by atoms with van der Waals surface area (Å²) in [6, 6.07) is 15.4. The van der Waals surface area contributed by atoms with Crippen molar-refractivity contribution in [2.75, 3.05) is 27.7 Å². The van der Waals surface area contributed by atoms with Gasteiger partial charge in [0.05, 0.1) is 13.2 Å². The second-order valence-electron chi connectivity index (χ2n) is 6.35. The predicted octanol–water partition coefficient (Wildman–Crippen LogP) is 3.27. The summed E-state index contributed by atoms with van der Waals surface area (Å²) in [5.74, 6) is 0.997. The van der Waals surface area contributed by atoms with Gasteiger partial charge in [0, 0.05) is 18.7 Å². The molecule has 6 heteroatoms. The fourth-order valence-electron chi connectivity index (χ4n) is 2.81. The molecule has 0 spiro atoms. The molecule has 1 atom stereocenters. The third kappa shape index (κ3) is 4.74. The summed E-state index contributed by atoms with van der Waals surface area (Å²) >= 11 is 0. The molecule has 6 nitrogen and oxygen atoms in total. The van der Waals surface area contributed by atoms with Gasteiger partial charge in [-0.3, -0.25) is 4.79 Å². The third-order valence-electron chi connectivity index (χ3n) is 4.26. The smallest absolute Gasteiger partial charge is 0.244 e. The average molecular weight is 365 g/mol. The van der Waals surface area contributed by atoms with Gasteiger partial charge >= 0.3 is 0 Å². The summed E-state index contributed by atoms with van der Waals surface area (Å²) < 4.78 is 10.9. The van der Waals surface area contributed by atoms with Gasteiger partial charge in [0.25, 0.3) is 0 Å². The Morgan fingerprint density at radius 1 is 1.26 bits per heavy atom. The Balaban J connectivity index is 1.63. The molecule has 3 rings (SSSR count). The maximum absolute atomic E-state index is 12.2. The van der Waals surface area contributed by atoms with Crippen molar-refractivity contribution in [3.63, 3.8) is 0 Å². The number of rotatable bonds is 7. The minimum absolute atomic E-state index is 0.0294. The van der Waals surface area contributed by atoms with E-state index in [4.69, 9.17) is 9.15 Å². The lowest BCUT2D eigenvalue weighted by Gasteiger charge is -2.25. The number of nitrogens with one attached hydrogen (secondary N) is 1. The Morgan fingerprint density at radius 2 is 2.07 bits per heavy atom. The minimum atomic E-state index is -0.202. The summed E-state index contributed by atoms with van der Waals surface area (Å²) in [4.78, 5) is 18.6. The van der Waals surface area contributed by atoms with Crippen LogP contribution < -0.4 is 10.1 Å². The summed E-state index contributed by atoms with van der Waals surface area (Å²) in [6.07, 6.45) is 3.01. The second kappa shape index (κ2) is 8.51. The Bertz CT molecular complexity index is 914. The molecule has 1 N–H and O–H groups in total. The maximum Gasteiger partial charge on any atom is 0.244 e. The van der Waals surface area contributed by atoms with Crippen LogP contribution in [-0.2, 0) is 4.79 Å². The van der Waals surface area contributed by atoms with Crippen LogP contribution in [0.2, 0.25) is 0 Å². The van der Waals surface area contributed by atoms with Gasteiger partial charge < -0.3 is 19.4 Å². The highest BCUT2D eigenvalue weighted by atomic mass is 16.5. The molecule has 0 saturated heterocycles. The van der Waals surface area contributed by atoms with Crippen LogP contribution in [0.4, 0.5) is 0 Å². The first kappa shape index (κ1) is 18.7. The highest BCUT2D eigenvalue weighted by Crippen LogP contribution is 2.22. The first-order chi connectivity index (χ1) is 13.1. The van der Waals surface area contributed by atoms with Gasteiger partial charge in [-0.1, -0.05) is 24.3 Å². The SMILES string of the molecule is COc1cccc(C(CNC(=O)/C=C/c2nc3ccccc3o2)N(C)C)c1. The molecular weight excluding hydrogens is 342 g/mol. The summed E-state index contributed by atoms with van der Waals surface area (Å²) in [5, 5.41) is 2.93. The fraction of sp³-hybridized carbons (Fsp3) is 0.238. The molecule has 0 fully saturated rings. The molecular formula is C21H23N3O3. The summed E-state index contributed by atoms with van der Waals surface area (Å²) in [5.41, 5.74) is 2.54. The van der Waals surface area contributed by atoms with Crippen LogP contribution in [0.3, 0.4) is 0 Å². The Morgan fingerprint density at radius 3 is 2.81 bits per heavy atom. The molecule has 140 valence electrons. The van der Waals surface area contributed by atoms with E-state index in [1.807, 2.05) is 62.6 Å². The monoisotopic (exact) mass is 365 g/mol. The Labute approximate surface area is 158 Å². The summed E-state index contributed by atoms with van der Waals surface area (Å²) in [7, 11) is 5.59. The fourth-order valence-corrected chi connectivity index (χ4v) is 2.81. The number of fused-ring (bicyclic) bond motifs is 1. The number of para-hydroxylation sites is 2. The summed E-state index contributed by atoms with van der Waals surface area (Å²) in [6.45, 7) is 0.469. The van der Waals surface area contributed by atoms with Crippen LogP contribution in [0.15, 0.2) is 59.0 Å². The van der Waals surface area contributed by atoms with Crippen LogP contribution in [0.5, 0.6) is 5.75 Å². The number of carbonyl (C=O) groups excluding carboxylic acids is 1. The molecule has 1 aromatic heterocycles. The third-order valence-corrected chi connectivity index (χ3v) is 4.26. The van der Waals surface area contributed by atoms with Gasteiger partial charge in [-0.05, 0) is 43.9 Å². The zero-order valence-corrected chi connectivity index (χ0v) is 15.7. The average Bonchev–Trinajstić information content (AvgIpc) is 3.09. The first-order valence-corrected chi connectivity index (χ1v) is 8.68. The number of amides is 1. The molecule has 0 aliphatic heterocycles. The van der Waals surface area contributed by atoms with Crippen LogP contribution in [0.25, 0.3) is 17.2 Å². The van der Waals surface area contributed by atoms with E-state index in [2.05, 4.69) is 15.2 Å². The van der Waals surface area contributed by atoms with E-state index in [9.17, 15) is 4.79 Å². The largest absolute Gasteiger partial charge is 0.497 e. The van der Waals surface area contributed by atoms with E-state index < -0.39 is 0 Å². The van der Waals surface area contributed by atoms with Crippen LogP contribution >= 0.6 is 0 Å². The van der Waals surface area contributed by atoms with Crippen molar-refractivity contribution in [3.8, 4) is 5.75 Å². The molecule has 0 radical (unpaired) electrons. The van der Waals surface area contributed by atoms with E-state index in [-0.39, 0.29) is 11.9 Å². The van der Waals surface area contributed by atoms with Gasteiger partial charge in [-0.25, -0.2) is 4.98 Å². The standard InChI is InChI=1S/C21H23N3O3/c1-24(2)18(15-7-6-8-16(13-15)26-3)14-22-20(25)11-12-21-23-17-9-4-5-10-19(17)27-21/h4-13,18H,14H2,1-3H3,(H,22,25)/b12-11+. The van der Waals surface area contributed by atoms with Crippen molar-refractivity contribution in [1.29, 1.82) is 0 Å². The van der Waals surface area contributed by atoms with E-state index in [1.165, 1.54) is 6.08 Å². The number of ether oxygens (including phenoxy) is 1. The Kier molecular flexibility index (Phi) is 5.88. The number of hydrogen-bond donors (Lipinski definition) is 1. The number of methoxy groups -OCH3 is 1. The molecule has 1 unspecified atom stereocenters. The van der Waals surface area contributed by atoms with Crippen molar-refractivity contribution in [1.82, 2.24) is 15.2 Å². The van der Waals surface area contributed by atoms with E-state index in [0.29, 0.717) is 18.0 Å². The molecule has 0 saturated carbocycles. The van der Waals surface area contributed by atoms with Crippen molar-refractivity contribution >= 4 is 23.1 Å². The van der Waals surface area contributed by atoms with Crippen molar-refractivity contribution < 1.29 is 13.9 Å². The number of oxazole rings is 1. The van der Waals surface area contributed by atoms with Crippen molar-refractivity contribution in [3.05, 3.63) is 66.1 Å². The van der Waals surface area contributed by atoms with Gasteiger partial charge in [0.1, 0.15) is 11.3 Å². The molecule has 0 bridgehead atoms. The number of carbonyl (C=O) groups is 1. The van der Waals surface area contributed by atoms with E-state index in [0.717, 1.165) is 16.8 Å². The van der Waals surface area contributed by atoms with Crippen molar-refractivity contribution in [2.45, 2.75) is 6.04 Å². The zero-order chi connectivity index (χ0) is 19.2. The number of nitrogens with zero attached hydrogens (tertiary/aromatic N) is 2. The van der Waals surface area contributed by atoms with Gasteiger partial charge in [-0.15, -0.1) is 0 Å². The zero-order valence-electron chi connectivity index (χ0n) is 15.7. The molecule has 1 heterocycles. The predicted molar refractivity (Wildman–Crippen MR) is 105 cm³/mol. The molecule has 0 aliphatic rings. The van der Waals surface area contributed by atoms with Crippen molar-refractivity contribution in [2.24, 2.45) is 0 Å². The van der Waals surface area contributed by atoms with Gasteiger partial charge in [-0.2, -0.15) is 0 Å².